The fourth-order valence-electron chi connectivity index (χ4n) is 2.88. The molecule has 25 heavy (non-hydrogen) atoms. The van der Waals surface area contributed by atoms with Crippen LogP contribution in [0.15, 0.2) is 42.6 Å². The number of aryl methyl sites for hydroxylation is 1. The van der Waals surface area contributed by atoms with Crippen LogP contribution in [0.5, 0.6) is 5.75 Å². The van der Waals surface area contributed by atoms with Gasteiger partial charge in [-0.25, -0.2) is 9.07 Å². The molecule has 1 saturated heterocycles. The zero-order valence-corrected chi connectivity index (χ0v) is 14.7. The smallest absolute Gasteiger partial charge is 0.134 e. The average Bonchev–Trinajstić information content (AvgIpc) is 3.19. The van der Waals surface area contributed by atoms with E-state index in [2.05, 4.69) is 34.3 Å². The molecule has 130 valence electrons. The van der Waals surface area contributed by atoms with Gasteiger partial charge in [-0.2, -0.15) is 0 Å². The molecule has 7 heteroatoms. The number of hydrogen-bond donors (Lipinski definition) is 0. The number of hydrogen-bond acceptors (Lipinski definition) is 5. The minimum Gasteiger partial charge on any atom is -0.487 e. The summed E-state index contributed by atoms with van der Waals surface area (Å²) in [5, 5.41) is 8.37. The van der Waals surface area contributed by atoms with E-state index in [1.165, 1.54) is 21.9 Å². The van der Waals surface area contributed by atoms with Gasteiger partial charge < -0.3 is 4.74 Å². The fraction of sp³-hybridized carbons (Fsp3) is 0.333. The summed E-state index contributed by atoms with van der Waals surface area (Å²) in [5.74, 6) is 0.350. The Bertz CT molecular complexity index is 839. The molecule has 5 nitrogen and oxygen atoms in total. The van der Waals surface area contributed by atoms with Crippen LogP contribution < -0.4 is 4.74 Å². The van der Waals surface area contributed by atoms with E-state index in [0.29, 0.717) is 18.4 Å². The van der Waals surface area contributed by atoms with Crippen molar-refractivity contribution in [3.8, 4) is 5.75 Å². The third kappa shape index (κ3) is 3.88. The van der Waals surface area contributed by atoms with Crippen LogP contribution in [-0.4, -0.2) is 33.0 Å². The van der Waals surface area contributed by atoms with Crippen LogP contribution in [-0.2, 0) is 13.2 Å². The Hall–Kier alpha value is -2.25. The number of thiophene rings is 1. The zero-order chi connectivity index (χ0) is 17.2. The maximum atomic E-state index is 12.9. The second-order valence-electron chi connectivity index (χ2n) is 6.29. The van der Waals surface area contributed by atoms with Crippen LogP contribution in [0.2, 0.25) is 0 Å². The van der Waals surface area contributed by atoms with Crippen molar-refractivity contribution in [3.05, 3.63) is 63.9 Å². The Morgan fingerprint density at radius 1 is 1.20 bits per heavy atom. The van der Waals surface area contributed by atoms with E-state index >= 15 is 0 Å². The van der Waals surface area contributed by atoms with Crippen LogP contribution in [0.4, 0.5) is 4.39 Å². The number of nitrogens with zero attached hydrogens (tertiary/aromatic N) is 4. The van der Waals surface area contributed by atoms with E-state index in [1.807, 2.05) is 22.2 Å². The highest BCUT2D eigenvalue weighted by Crippen LogP contribution is 2.25. The van der Waals surface area contributed by atoms with Crippen LogP contribution in [0.3, 0.4) is 0 Å². The predicted octanol–water partition coefficient (Wildman–Crippen LogP) is 3.42. The van der Waals surface area contributed by atoms with Gasteiger partial charge in [0.25, 0.3) is 0 Å². The molecule has 0 unspecified atom stereocenters. The topological polar surface area (TPSA) is 43.2 Å². The van der Waals surface area contributed by atoms with Gasteiger partial charge in [0.1, 0.15) is 23.9 Å². The number of halogens is 1. The third-order valence-corrected chi connectivity index (χ3v) is 5.23. The minimum atomic E-state index is -0.273. The van der Waals surface area contributed by atoms with E-state index in [-0.39, 0.29) is 5.82 Å². The SMILES string of the molecule is Cc1ccc(CN2CC(n3cc(COc4ccc(F)cc4)nn3)C2)s1. The standard InChI is InChI=1S/C18H19FN4OS/c1-13-2-7-18(25-13)11-22-9-16(10-22)23-8-15(20-21-23)12-24-17-5-3-14(19)4-6-17/h2-8,16H,9-12H2,1H3. The summed E-state index contributed by atoms with van der Waals surface area (Å²) in [6.07, 6.45) is 1.93. The van der Waals surface area contributed by atoms with Crippen LogP contribution >= 0.6 is 11.3 Å². The van der Waals surface area contributed by atoms with Gasteiger partial charge in [0.15, 0.2) is 0 Å². The molecule has 0 atom stereocenters. The van der Waals surface area contributed by atoms with Gasteiger partial charge in [0.2, 0.25) is 0 Å². The molecule has 0 bridgehead atoms. The molecule has 0 amide bonds. The summed E-state index contributed by atoms with van der Waals surface area (Å²) in [6, 6.07) is 10.7. The Morgan fingerprint density at radius 3 is 2.72 bits per heavy atom. The monoisotopic (exact) mass is 358 g/mol. The lowest BCUT2D eigenvalue weighted by Crippen LogP contribution is -2.47. The van der Waals surface area contributed by atoms with Crippen molar-refractivity contribution in [2.24, 2.45) is 0 Å². The van der Waals surface area contributed by atoms with E-state index in [4.69, 9.17) is 4.74 Å². The van der Waals surface area contributed by atoms with Gasteiger partial charge in [-0.15, -0.1) is 16.4 Å². The number of ether oxygens (including phenoxy) is 1. The van der Waals surface area contributed by atoms with Crippen LogP contribution in [0, 0.1) is 12.7 Å². The summed E-state index contributed by atoms with van der Waals surface area (Å²) in [6.45, 7) is 5.44. The lowest BCUT2D eigenvalue weighted by molar-refractivity contribution is 0.0907. The molecule has 1 aliphatic heterocycles. The Kier molecular flexibility index (Phi) is 4.50. The molecule has 3 heterocycles. The molecule has 0 saturated carbocycles. The molecule has 0 N–H and O–H groups in total. The van der Waals surface area contributed by atoms with Gasteiger partial charge in [-0.05, 0) is 43.3 Å². The third-order valence-electron chi connectivity index (χ3n) is 4.25. The summed E-state index contributed by atoms with van der Waals surface area (Å²) in [4.78, 5) is 5.17. The van der Waals surface area contributed by atoms with E-state index < -0.39 is 0 Å². The molecule has 1 fully saturated rings. The Balaban J connectivity index is 1.26. The highest BCUT2D eigenvalue weighted by molar-refractivity contribution is 7.11. The summed E-state index contributed by atoms with van der Waals surface area (Å²) in [7, 11) is 0. The first kappa shape index (κ1) is 16.2. The first-order valence-corrected chi connectivity index (χ1v) is 9.04. The van der Waals surface area contributed by atoms with E-state index in [0.717, 1.165) is 25.3 Å². The summed E-state index contributed by atoms with van der Waals surface area (Å²) in [5.41, 5.74) is 0.775. The molecular formula is C18H19FN4OS. The summed E-state index contributed by atoms with van der Waals surface area (Å²) >= 11 is 1.86. The maximum absolute atomic E-state index is 12.9. The lowest BCUT2D eigenvalue weighted by atomic mass is 10.1. The fourth-order valence-corrected chi connectivity index (χ4v) is 3.81. The molecule has 2 aromatic heterocycles. The van der Waals surface area contributed by atoms with Crippen molar-refractivity contribution < 1.29 is 9.13 Å². The zero-order valence-electron chi connectivity index (χ0n) is 13.9. The molecule has 4 rings (SSSR count). The highest BCUT2D eigenvalue weighted by atomic mass is 32.1. The first-order chi connectivity index (χ1) is 12.2. The van der Waals surface area contributed by atoms with Crippen molar-refractivity contribution >= 4 is 11.3 Å². The van der Waals surface area contributed by atoms with Gasteiger partial charge in [-0.3, -0.25) is 4.90 Å². The Morgan fingerprint density at radius 2 is 2.00 bits per heavy atom. The van der Waals surface area contributed by atoms with Gasteiger partial charge in [-0.1, -0.05) is 5.21 Å². The second kappa shape index (κ2) is 6.93. The summed E-state index contributed by atoms with van der Waals surface area (Å²) < 4.78 is 20.4. The van der Waals surface area contributed by atoms with Crippen molar-refractivity contribution in [2.45, 2.75) is 26.1 Å². The molecule has 0 aliphatic carbocycles. The van der Waals surface area contributed by atoms with Crippen molar-refractivity contribution in [3.63, 3.8) is 0 Å². The van der Waals surface area contributed by atoms with Gasteiger partial charge >= 0.3 is 0 Å². The molecular weight excluding hydrogens is 339 g/mol. The van der Waals surface area contributed by atoms with Crippen molar-refractivity contribution in [1.82, 2.24) is 19.9 Å². The number of aromatic nitrogens is 3. The highest BCUT2D eigenvalue weighted by Gasteiger charge is 2.29. The predicted molar refractivity (Wildman–Crippen MR) is 94.1 cm³/mol. The first-order valence-electron chi connectivity index (χ1n) is 8.22. The van der Waals surface area contributed by atoms with E-state index in [1.54, 1.807) is 12.1 Å². The normalized spacial score (nSPS) is 15.3. The molecule has 0 spiro atoms. The number of likely N-dealkylation sites (tertiary alicyclic amines) is 1. The van der Waals surface area contributed by atoms with Gasteiger partial charge in [0.05, 0.1) is 12.2 Å². The van der Waals surface area contributed by atoms with Crippen molar-refractivity contribution in [2.75, 3.05) is 13.1 Å². The second-order valence-corrected chi connectivity index (χ2v) is 7.67. The lowest BCUT2D eigenvalue weighted by Gasteiger charge is -2.38. The number of rotatable bonds is 6. The molecule has 1 aromatic carbocycles. The maximum Gasteiger partial charge on any atom is 0.134 e. The van der Waals surface area contributed by atoms with E-state index in [9.17, 15) is 4.39 Å². The minimum absolute atomic E-state index is 0.273. The van der Waals surface area contributed by atoms with Gasteiger partial charge in [0, 0.05) is 29.4 Å². The van der Waals surface area contributed by atoms with Crippen LogP contribution in [0.25, 0.3) is 0 Å². The molecule has 1 aliphatic rings. The van der Waals surface area contributed by atoms with Crippen molar-refractivity contribution in [1.29, 1.82) is 0 Å². The Labute approximate surface area is 149 Å². The largest absolute Gasteiger partial charge is 0.487 e. The molecule has 0 radical (unpaired) electrons. The van der Waals surface area contributed by atoms with Crippen LogP contribution in [0.1, 0.15) is 21.5 Å². The number of benzene rings is 1. The quantitative estimate of drug-likeness (QED) is 0.677. The average molecular weight is 358 g/mol. The molecule has 3 aromatic rings.